The van der Waals surface area contributed by atoms with Crippen LogP contribution in [0, 0.1) is 10.1 Å². The van der Waals surface area contributed by atoms with Crippen molar-refractivity contribution in [2.75, 3.05) is 7.05 Å². The van der Waals surface area contributed by atoms with E-state index in [1.807, 2.05) is 24.3 Å². The molecule has 10 heteroatoms. The maximum Gasteiger partial charge on any atom is 0.289 e. The Morgan fingerprint density at radius 1 is 1.10 bits per heavy atom. The predicted octanol–water partition coefficient (Wildman–Crippen LogP) is 3.76. The molecular formula is C20H22N4O5S. The lowest BCUT2D eigenvalue weighted by Gasteiger charge is -2.18. The normalized spacial score (nSPS) is 12.3. The maximum atomic E-state index is 12.8. The zero-order valence-electron chi connectivity index (χ0n) is 17.1. The van der Waals surface area contributed by atoms with Gasteiger partial charge in [-0.2, -0.15) is 9.29 Å². The molecular weight excluding hydrogens is 408 g/mol. The first kappa shape index (κ1) is 21.6. The van der Waals surface area contributed by atoms with Gasteiger partial charge in [0.15, 0.2) is 4.90 Å². The van der Waals surface area contributed by atoms with Crippen LogP contribution in [-0.2, 0) is 22.0 Å². The SMILES string of the molecule is CN(Cc1nc(-c2ccc(C(C)(C)C)cc2)no1)S(=O)(=O)c1ccccc1[N+](=O)[O-]. The molecule has 0 spiro atoms. The minimum Gasteiger partial charge on any atom is -0.338 e. The first-order valence-corrected chi connectivity index (χ1v) is 10.6. The summed E-state index contributed by atoms with van der Waals surface area (Å²) in [6, 6.07) is 12.9. The Morgan fingerprint density at radius 2 is 1.73 bits per heavy atom. The standard InChI is InChI=1S/C20H22N4O5S/c1-20(2,3)15-11-9-14(10-12-15)19-21-18(29-22-19)13-23(4)30(27,28)17-8-6-5-7-16(17)24(25)26/h5-12H,13H2,1-4H3. The van der Waals surface area contributed by atoms with Gasteiger partial charge in [0.05, 0.1) is 11.5 Å². The second-order valence-corrected chi connectivity index (χ2v) is 9.84. The highest BCUT2D eigenvalue weighted by Gasteiger charge is 2.30. The smallest absolute Gasteiger partial charge is 0.289 e. The van der Waals surface area contributed by atoms with Gasteiger partial charge in [-0.25, -0.2) is 8.42 Å². The van der Waals surface area contributed by atoms with E-state index in [0.29, 0.717) is 5.82 Å². The van der Waals surface area contributed by atoms with Crippen LogP contribution in [0.25, 0.3) is 11.4 Å². The summed E-state index contributed by atoms with van der Waals surface area (Å²) in [6.07, 6.45) is 0. The molecule has 1 heterocycles. The first-order valence-electron chi connectivity index (χ1n) is 9.13. The van der Waals surface area contributed by atoms with Gasteiger partial charge in [0.2, 0.25) is 21.7 Å². The Morgan fingerprint density at radius 3 is 2.33 bits per heavy atom. The summed E-state index contributed by atoms with van der Waals surface area (Å²) in [4.78, 5) is 14.3. The van der Waals surface area contributed by atoms with Crippen LogP contribution >= 0.6 is 0 Å². The van der Waals surface area contributed by atoms with E-state index in [1.54, 1.807) is 0 Å². The number of benzene rings is 2. The zero-order valence-corrected chi connectivity index (χ0v) is 17.9. The van der Waals surface area contributed by atoms with Gasteiger partial charge in [0.25, 0.3) is 5.69 Å². The molecule has 0 fully saturated rings. The number of aromatic nitrogens is 2. The van der Waals surface area contributed by atoms with E-state index < -0.39 is 25.5 Å². The lowest BCUT2D eigenvalue weighted by Crippen LogP contribution is -2.27. The van der Waals surface area contributed by atoms with Crippen LogP contribution in [0.5, 0.6) is 0 Å². The van der Waals surface area contributed by atoms with Crippen LogP contribution in [0.4, 0.5) is 5.69 Å². The topological polar surface area (TPSA) is 119 Å². The molecule has 0 aliphatic rings. The Bertz CT molecular complexity index is 1160. The summed E-state index contributed by atoms with van der Waals surface area (Å²) in [7, 11) is -2.83. The van der Waals surface area contributed by atoms with Gasteiger partial charge in [-0.1, -0.05) is 62.3 Å². The molecule has 0 saturated heterocycles. The minimum absolute atomic E-state index is 0.0120. The fourth-order valence-corrected chi connectivity index (χ4v) is 4.10. The zero-order chi connectivity index (χ0) is 22.1. The van der Waals surface area contributed by atoms with Gasteiger partial charge < -0.3 is 4.52 Å². The van der Waals surface area contributed by atoms with Crippen LogP contribution in [0.3, 0.4) is 0 Å². The minimum atomic E-state index is -4.13. The highest BCUT2D eigenvalue weighted by atomic mass is 32.2. The van der Waals surface area contributed by atoms with Crippen LogP contribution in [-0.4, -0.2) is 34.8 Å². The first-order chi connectivity index (χ1) is 14.0. The van der Waals surface area contributed by atoms with Crippen molar-refractivity contribution >= 4 is 15.7 Å². The fraction of sp³-hybridized carbons (Fsp3) is 0.300. The third-order valence-electron chi connectivity index (χ3n) is 4.59. The van der Waals surface area contributed by atoms with Gasteiger partial charge in [-0.15, -0.1) is 0 Å². The fourth-order valence-electron chi connectivity index (χ4n) is 2.83. The molecule has 0 unspecified atom stereocenters. The lowest BCUT2D eigenvalue weighted by molar-refractivity contribution is -0.387. The summed E-state index contributed by atoms with van der Waals surface area (Å²) in [6.45, 7) is 6.12. The molecule has 0 amide bonds. The highest BCUT2D eigenvalue weighted by Crippen LogP contribution is 2.27. The van der Waals surface area contributed by atoms with E-state index in [1.165, 1.54) is 25.2 Å². The van der Waals surface area contributed by atoms with Crippen LogP contribution in [0.1, 0.15) is 32.2 Å². The molecule has 9 nitrogen and oxygen atoms in total. The van der Waals surface area contributed by atoms with Crippen molar-refractivity contribution in [3.63, 3.8) is 0 Å². The van der Waals surface area contributed by atoms with E-state index in [2.05, 4.69) is 30.9 Å². The van der Waals surface area contributed by atoms with Crippen molar-refractivity contribution in [2.45, 2.75) is 37.6 Å². The molecule has 2 aromatic carbocycles. The van der Waals surface area contributed by atoms with Crippen molar-refractivity contribution < 1.29 is 17.9 Å². The molecule has 0 aliphatic heterocycles. The molecule has 3 aromatic rings. The molecule has 0 atom stereocenters. The number of para-hydroxylation sites is 1. The van der Waals surface area contributed by atoms with Crippen LogP contribution < -0.4 is 0 Å². The summed E-state index contributed by atoms with van der Waals surface area (Å²) in [5.74, 6) is 0.413. The van der Waals surface area contributed by atoms with Crippen LogP contribution in [0.2, 0.25) is 0 Å². The monoisotopic (exact) mass is 430 g/mol. The number of hydrogen-bond acceptors (Lipinski definition) is 7. The third kappa shape index (κ3) is 4.39. The van der Waals surface area contributed by atoms with Crippen molar-refractivity contribution in [1.29, 1.82) is 0 Å². The number of sulfonamides is 1. The van der Waals surface area contributed by atoms with Gasteiger partial charge in [0, 0.05) is 18.7 Å². The molecule has 30 heavy (non-hydrogen) atoms. The molecule has 0 radical (unpaired) electrons. The lowest BCUT2D eigenvalue weighted by atomic mass is 9.87. The third-order valence-corrected chi connectivity index (χ3v) is 6.44. The Hall–Kier alpha value is -3.11. The average Bonchev–Trinajstić information content (AvgIpc) is 3.16. The second-order valence-electron chi connectivity index (χ2n) is 7.82. The largest absolute Gasteiger partial charge is 0.338 e. The van der Waals surface area contributed by atoms with Crippen LogP contribution in [0.15, 0.2) is 57.9 Å². The number of rotatable bonds is 6. The predicted molar refractivity (Wildman–Crippen MR) is 110 cm³/mol. The quantitative estimate of drug-likeness (QED) is 0.431. The Labute approximate surface area is 174 Å². The Balaban J connectivity index is 1.81. The number of hydrogen-bond donors (Lipinski definition) is 0. The van der Waals surface area contributed by atoms with E-state index in [9.17, 15) is 18.5 Å². The van der Waals surface area contributed by atoms with Gasteiger partial charge in [-0.05, 0) is 17.0 Å². The van der Waals surface area contributed by atoms with Crippen molar-refractivity contribution in [2.24, 2.45) is 0 Å². The van der Waals surface area contributed by atoms with Gasteiger partial charge >= 0.3 is 0 Å². The number of nitro benzene ring substituents is 1. The Kier molecular flexibility index (Phi) is 5.73. The molecule has 0 aliphatic carbocycles. The second kappa shape index (κ2) is 7.96. The number of nitro groups is 1. The van der Waals surface area contributed by atoms with Crippen molar-refractivity contribution in [3.8, 4) is 11.4 Å². The highest BCUT2D eigenvalue weighted by molar-refractivity contribution is 7.89. The summed E-state index contributed by atoms with van der Waals surface area (Å²) in [5, 5.41) is 15.1. The van der Waals surface area contributed by atoms with E-state index in [0.717, 1.165) is 21.5 Å². The molecule has 158 valence electrons. The summed E-state index contributed by atoms with van der Waals surface area (Å²) >= 11 is 0. The molecule has 3 rings (SSSR count). The average molecular weight is 430 g/mol. The van der Waals surface area contributed by atoms with Gasteiger partial charge in [-0.3, -0.25) is 10.1 Å². The van der Waals surface area contributed by atoms with E-state index >= 15 is 0 Å². The maximum absolute atomic E-state index is 12.8. The number of nitrogens with zero attached hydrogens (tertiary/aromatic N) is 4. The van der Waals surface area contributed by atoms with Crippen molar-refractivity contribution in [1.82, 2.24) is 14.4 Å². The molecule has 0 bridgehead atoms. The van der Waals surface area contributed by atoms with Crippen molar-refractivity contribution in [3.05, 3.63) is 70.1 Å². The molecule has 1 aromatic heterocycles. The molecule has 0 saturated carbocycles. The summed E-state index contributed by atoms with van der Waals surface area (Å²) < 4.78 is 31.7. The summed E-state index contributed by atoms with van der Waals surface area (Å²) in [5.41, 5.74) is 1.42. The molecule has 0 N–H and O–H groups in total. The van der Waals surface area contributed by atoms with E-state index in [-0.39, 0.29) is 17.9 Å². The van der Waals surface area contributed by atoms with Gasteiger partial charge in [0.1, 0.15) is 0 Å². The van der Waals surface area contributed by atoms with E-state index in [4.69, 9.17) is 4.52 Å².